The minimum absolute atomic E-state index is 0.164. The topological polar surface area (TPSA) is 116 Å². The number of hydrogen-bond acceptors (Lipinski definition) is 9. The Labute approximate surface area is 315 Å². The highest BCUT2D eigenvalue weighted by atomic mass is 35.5. The van der Waals surface area contributed by atoms with E-state index >= 15 is 0 Å². The van der Waals surface area contributed by atoms with E-state index in [1.54, 1.807) is 23.9 Å². The standard InChI is InChI=1S/C39H39ClN4O5S3/c1-51(46,47)38-27-35(19-20-37(38)41-21-26-50-34-8-3-2-4-9-34)52(48,49)42-39(45)30-13-17-33(18-14-30)44-24-22-43(23-25-44)28-31-7-5-6-10-36(31)29-11-15-32(40)16-12-29/h2-20,27,41H,21-26,28H2,1H3,(H,42,45). The van der Waals surface area contributed by atoms with Crippen LogP contribution in [0.2, 0.25) is 5.02 Å². The molecular formula is C39H39ClN4O5S3. The molecule has 0 atom stereocenters. The maximum absolute atomic E-state index is 13.2. The summed E-state index contributed by atoms with van der Waals surface area (Å²) in [5, 5.41) is 3.81. The number of halogens is 1. The molecule has 1 fully saturated rings. The molecule has 1 aliphatic heterocycles. The quantitative estimate of drug-likeness (QED) is 0.0959. The van der Waals surface area contributed by atoms with Crippen molar-refractivity contribution in [1.82, 2.24) is 9.62 Å². The Balaban J connectivity index is 1.04. The summed E-state index contributed by atoms with van der Waals surface area (Å²) in [6.07, 6.45) is 1.02. The number of carbonyl (C=O) groups excluding carboxylic acids is 1. The summed E-state index contributed by atoms with van der Waals surface area (Å²) in [6.45, 7) is 4.57. The molecule has 5 aromatic carbocycles. The maximum atomic E-state index is 13.2. The highest BCUT2D eigenvalue weighted by Gasteiger charge is 2.24. The van der Waals surface area contributed by atoms with Gasteiger partial charge in [-0.15, -0.1) is 11.8 Å². The summed E-state index contributed by atoms with van der Waals surface area (Å²) < 4.78 is 53.8. The van der Waals surface area contributed by atoms with Crippen LogP contribution >= 0.6 is 23.4 Å². The Morgan fingerprint density at radius 3 is 2.15 bits per heavy atom. The largest absolute Gasteiger partial charge is 0.383 e. The molecule has 52 heavy (non-hydrogen) atoms. The molecule has 0 bridgehead atoms. The SMILES string of the molecule is CS(=O)(=O)c1cc(S(=O)(=O)NC(=O)c2ccc(N3CCN(Cc4ccccc4-c4ccc(Cl)cc4)CC3)cc2)ccc1NCCSc1ccccc1. The number of hydrogen-bond donors (Lipinski definition) is 2. The summed E-state index contributed by atoms with van der Waals surface area (Å²) in [5.74, 6) is -0.143. The third-order valence-electron chi connectivity index (χ3n) is 8.75. The average molecular weight is 775 g/mol. The van der Waals surface area contributed by atoms with Crippen LogP contribution in [0, 0.1) is 0 Å². The summed E-state index contributed by atoms with van der Waals surface area (Å²) in [5.41, 5.74) is 4.96. The zero-order valence-corrected chi connectivity index (χ0v) is 31.7. The number of nitrogens with one attached hydrogen (secondary N) is 2. The van der Waals surface area contributed by atoms with Crippen molar-refractivity contribution in [2.45, 2.75) is 21.2 Å². The highest BCUT2D eigenvalue weighted by Crippen LogP contribution is 2.28. The normalized spacial score (nSPS) is 13.8. The van der Waals surface area contributed by atoms with Gasteiger partial charge in [0.2, 0.25) is 0 Å². The molecule has 5 aromatic rings. The summed E-state index contributed by atoms with van der Waals surface area (Å²) >= 11 is 7.72. The number of rotatable bonds is 13. The summed E-state index contributed by atoms with van der Waals surface area (Å²) in [7, 11) is -8.17. The van der Waals surface area contributed by atoms with Gasteiger partial charge in [0.25, 0.3) is 15.9 Å². The lowest BCUT2D eigenvalue weighted by molar-refractivity contribution is 0.0981. The fourth-order valence-electron chi connectivity index (χ4n) is 6.03. The minimum atomic E-state index is -4.37. The molecule has 0 radical (unpaired) electrons. The molecule has 0 unspecified atom stereocenters. The number of sulfonamides is 1. The lowest BCUT2D eigenvalue weighted by Crippen LogP contribution is -2.46. The number of benzene rings is 5. The van der Waals surface area contributed by atoms with Crippen molar-refractivity contribution >= 4 is 60.5 Å². The van der Waals surface area contributed by atoms with Crippen molar-refractivity contribution in [3.05, 3.63) is 137 Å². The van der Waals surface area contributed by atoms with E-state index in [4.69, 9.17) is 11.6 Å². The molecule has 1 aliphatic rings. The van der Waals surface area contributed by atoms with Crippen LogP contribution in [0.1, 0.15) is 15.9 Å². The van der Waals surface area contributed by atoms with Gasteiger partial charge >= 0.3 is 0 Å². The predicted molar refractivity (Wildman–Crippen MR) is 211 cm³/mol. The molecule has 1 amide bonds. The van der Waals surface area contributed by atoms with Crippen molar-refractivity contribution < 1.29 is 21.6 Å². The fourth-order valence-corrected chi connectivity index (χ4v) is 8.90. The van der Waals surface area contributed by atoms with E-state index in [9.17, 15) is 21.6 Å². The molecule has 2 N–H and O–H groups in total. The molecule has 0 saturated carbocycles. The van der Waals surface area contributed by atoms with Gasteiger partial charge in [0.15, 0.2) is 9.84 Å². The van der Waals surface area contributed by atoms with E-state index in [-0.39, 0.29) is 15.4 Å². The first kappa shape index (κ1) is 37.4. The van der Waals surface area contributed by atoms with Crippen LogP contribution in [-0.2, 0) is 26.4 Å². The second-order valence-corrected chi connectivity index (χ2v) is 17.7. The number of amides is 1. The van der Waals surface area contributed by atoms with E-state index in [1.165, 1.54) is 23.3 Å². The molecule has 0 aliphatic carbocycles. The van der Waals surface area contributed by atoms with Gasteiger partial charge in [0, 0.05) is 72.4 Å². The van der Waals surface area contributed by atoms with E-state index in [0.717, 1.165) is 61.2 Å². The number of nitrogens with zero attached hydrogens (tertiary/aromatic N) is 2. The predicted octanol–water partition coefficient (Wildman–Crippen LogP) is 7.06. The Kier molecular flexibility index (Phi) is 11.9. The number of sulfone groups is 1. The van der Waals surface area contributed by atoms with Gasteiger partial charge in [0.1, 0.15) is 0 Å². The lowest BCUT2D eigenvalue weighted by atomic mass is 9.99. The number of carbonyl (C=O) groups is 1. The van der Waals surface area contributed by atoms with Crippen molar-refractivity contribution in [3.63, 3.8) is 0 Å². The van der Waals surface area contributed by atoms with Crippen molar-refractivity contribution in [2.75, 3.05) is 54.9 Å². The Morgan fingerprint density at radius 2 is 1.46 bits per heavy atom. The first-order valence-electron chi connectivity index (χ1n) is 16.7. The molecule has 9 nitrogen and oxygen atoms in total. The maximum Gasteiger partial charge on any atom is 0.264 e. The molecule has 1 saturated heterocycles. The van der Waals surface area contributed by atoms with Crippen molar-refractivity contribution in [3.8, 4) is 11.1 Å². The van der Waals surface area contributed by atoms with Crippen LogP contribution < -0.4 is 14.9 Å². The number of piperazine rings is 1. The van der Waals surface area contributed by atoms with Crippen LogP contribution in [-0.4, -0.2) is 72.4 Å². The summed E-state index contributed by atoms with van der Waals surface area (Å²) in [4.78, 5) is 18.3. The molecule has 0 spiro atoms. The molecular weight excluding hydrogens is 736 g/mol. The number of anilines is 2. The second-order valence-electron chi connectivity index (χ2n) is 12.4. The molecule has 0 aromatic heterocycles. The van der Waals surface area contributed by atoms with Gasteiger partial charge in [-0.1, -0.05) is 66.2 Å². The van der Waals surface area contributed by atoms with Gasteiger partial charge in [-0.05, 0) is 83.4 Å². The van der Waals surface area contributed by atoms with Crippen molar-refractivity contribution in [1.29, 1.82) is 0 Å². The van der Waals surface area contributed by atoms with Crippen LogP contribution in [0.5, 0.6) is 0 Å². The van der Waals surface area contributed by atoms with Crippen LogP contribution in [0.3, 0.4) is 0 Å². The smallest absolute Gasteiger partial charge is 0.264 e. The average Bonchev–Trinajstić information content (AvgIpc) is 3.14. The Hall–Kier alpha value is -4.33. The first-order chi connectivity index (χ1) is 25.0. The van der Waals surface area contributed by atoms with Gasteiger partial charge in [-0.25, -0.2) is 21.6 Å². The van der Waals surface area contributed by atoms with E-state index in [1.807, 2.05) is 72.8 Å². The van der Waals surface area contributed by atoms with E-state index in [2.05, 4.69) is 38.0 Å². The lowest BCUT2D eigenvalue weighted by Gasteiger charge is -2.36. The van der Waals surface area contributed by atoms with Crippen LogP contribution in [0.4, 0.5) is 11.4 Å². The molecule has 6 rings (SSSR count). The van der Waals surface area contributed by atoms with Crippen LogP contribution in [0.25, 0.3) is 11.1 Å². The van der Waals surface area contributed by atoms with Gasteiger partial charge < -0.3 is 10.2 Å². The number of thioether (sulfide) groups is 1. The molecule has 1 heterocycles. The second kappa shape index (κ2) is 16.6. The highest BCUT2D eigenvalue weighted by molar-refractivity contribution is 7.99. The zero-order valence-electron chi connectivity index (χ0n) is 28.5. The Morgan fingerprint density at radius 1 is 0.788 bits per heavy atom. The fraction of sp³-hybridized carbons (Fsp3) is 0.205. The Bertz CT molecular complexity index is 2230. The van der Waals surface area contributed by atoms with Crippen LogP contribution in [0.15, 0.2) is 136 Å². The first-order valence-corrected chi connectivity index (χ1v) is 21.4. The van der Waals surface area contributed by atoms with Gasteiger partial charge in [-0.3, -0.25) is 9.69 Å². The third kappa shape index (κ3) is 9.55. The van der Waals surface area contributed by atoms with Gasteiger partial charge in [-0.2, -0.15) is 0 Å². The van der Waals surface area contributed by atoms with E-state index < -0.39 is 25.8 Å². The summed E-state index contributed by atoms with van der Waals surface area (Å²) in [6, 6.07) is 36.7. The molecule has 13 heteroatoms. The van der Waals surface area contributed by atoms with Crippen molar-refractivity contribution in [2.24, 2.45) is 0 Å². The minimum Gasteiger partial charge on any atom is -0.383 e. The zero-order chi connectivity index (χ0) is 36.7. The van der Waals surface area contributed by atoms with Gasteiger partial charge in [0.05, 0.1) is 15.5 Å². The molecule has 270 valence electrons. The monoisotopic (exact) mass is 774 g/mol. The van der Waals surface area contributed by atoms with E-state index in [0.29, 0.717) is 23.0 Å². The third-order valence-corrected chi connectivity index (χ3v) is 12.5.